The molecule has 0 saturated heterocycles. The molecule has 2 aromatic rings. The molecule has 3 rings (SSSR count). The van der Waals surface area contributed by atoms with Crippen molar-refractivity contribution in [2.45, 2.75) is 51.2 Å². The molecule has 1 saturated carbocycles. The van der Waals surface area contributed by atoms with Gasteiger partial charge in [0.1, 0.15) is 5.82 Å². The van der Waals surface area contributed by atoms with Gasteiger partial charge >= 0.3 is 6.18 Å². The predicted molar refractivity (Wildman–Crippen MR) is 99.7 cm³/mol. The molecule has 140 valence electrons. The van der Waals surface area contributed by atoms with Crippen LogP contribution in [0.5, 0.6) is 0 Å². The predicted octanol–water partition coefficient (Wildman–Crippen LogP) is 6.05. The molecule has 1 aromatic carbocycles. The second-order valence-electron chi connectivity index (χ2n) is 6.55. The lowest BCUT2D eigenvalue weighted by Gasteiger charge is -2.23. The van der Waals surface area contributed by atoms with Crippen molar-refractivity contribution in [1.82, 2.24) is 9.97 Å². The van der Waals surface area contributed by atoms with Crippen molar-refractivity contribution < 1.29 is 13.2 Å². The minimum Gasteiger partial charge on any atom is -0.351 e. The molecule has 1 fully saturated rings. The van der Waals surface area contributed by atoms with Crippen molar-refractivity contribution in [3.8, 4) is 0 Å². The maximum Gasteiger partial charge on any atom is 0.433 e. The van der Waals surface area contributed by atoms with E-state index in [1.54, 1.807) is 6.07 Å². The summed E-state index contributed by atoms with van der Waals surface area (Å²) in [6.45, 7) is 1.94. The molecule has 1 aliphatic carbocycles. The maximum absolute atomic E-state index is 13.2. The molecular weight excluding hydrogens is 409 g/mol. The van der Waals surface area contributed by atoms with E-state index in [0.717, 1.165) is 48.2 Å². The van der Waals surface area contributed by atoms with Gasteiger partial charge in [0, 0.05) is 16.6 Å². The molecule has 0 bridgehead atoms. The van der Waals surface area contributed by atoms with Crippen molar-refractivity contribution in [2.75, 3.05) is 10.6 Å². The molecule has 26 heavy (non-hydrogen) atoms. The van der Waals surface area contributed by atoms with E-state index < -0.39 is 11.9 Å². The number of nitrogens with one attached hydrogen (secondary N) is 2. The molecular formula is C18H20BrF3N4. The van der Waals surface area contributed by atoms with Crippen molar-refractivity contribution in [3.63, 3.8) is 0 Å². The van der Waals surface area contributed by atoms with Gasteiger partial charge in [-0.1, -0.05) is 25.3 Å². The number of halogens is 4. The van der Waals surface area contributed by atoms with Crippen LogP contribution in [0.2, 0.25) is 0 Å². The Morgan fingerprint density at radius 2 is 1.81 bits per heavy atom. The molecule has 8 heteroatoms. The molecule has 0 spiro atoms. The Hall–Kier alpha value is -1.83. The standard InChI is InChI=1S/C18H20BrF3N4/c1-11-7-8-14(13(19)9-11)24-16-10-15(18(20,21)22)25-17(26-16)23-12-5-3-2-4-6-12/h7-10,12H,2-6H2,1H3,(H2,23,24,25,26). The Kier molecular flexibility index (Phi) is 5.70. The molecule has 0 aliphatic heterocycles. The highest BCUT2D eigenvalue weighted by Crippen LogP contribution is 2.32. The Labute approximate surface area is 158 Å². The first-order chi connectivity index (χ1) is 12.3. The summed E-state index contributed by atoms with van der Waals surface area (Å²) in [6.07, 6.45) is 0.608. The third-order valence-corrected chi connectivity index (χ3v) is 5.00. The minimum absolute atomic E-state index is 0.0115. The fourth-order valence-corrected chi connectivity index (χ4v) is 3.60. The number of hydrogen-bond acceptors (Lipinski definition) is 4. The lowest BCUT2D eigenvalue weighted by molar-refractivity contribution is -0.141. The molecule has 1 aliphatic rings. The van der Waals surface area contributed by atoms with Crippen LogP contribution in [0.3, 0.4) is 0 Å². The number of alkyl halides is 3. The molecule has 0 unspecified atom stereocenters. The van der Waals surface area contributed by atoms with Gasteiger partial charge in [-0.25, -0.2) is 4.98 Å². The quantitative estimate of drug-likeness (QED) is 0.621. The van der Waals surface area contributed by atoms with Crippen LogP contribution in [0, 0.1) is 6.92 Å². The van der Waals surface area contributed by atoms with Crippen LogP contribution in [0.4, 0.5) is 30.6 Å². The van der Waals surface area contributed by atoms with Gasteiger partial charge in [-0.2, -0.15) is 18.2 Å². The normalized spacial score (nSPS) is 15.7. The van der Waals surface area contributed by atoms with Gasteiger partial charge in [0.25, 0.3) is 0 Å². The highest BCUT2D eigenvalue weighted by Gasteiger charge is 2.34. The number of aromatic nitrogens is 2. The number of benzene rings is 1. The van der Waals surface area contributed by atoms with Crippen LogP contribution >= 0.6 is 15.9 Å². The third-order valence-electron chi connectivity index (χ3n) is 4.34. The Morgan fingerprint density at radius 3 is 2.46 bits per heavy atom. The lowest BCUT2D eigenvalue weighted by atomic mass is 9.96. The smallest absolute Gasteiger partial charge is 0.351 e. The van der Waals surface area contributed by atoms with Crippen molar-refractivity contribution in [2.24, 2.45) is 0 Å². The number of anilines is 3. The number of rotatable bonds is 4. The van der Waals surface area contributed by atoms with E-state index in [9.17, 15) is 13.2 Å². The second-order valence-corrected chi connectivity index (χ2v) is 7.40. The minimum atomic E-state index is -4.53. The van der Waals surface area contributed by atoms with Crippen LogP contribution in [-0.4, -0.2) is 16.0 Å². The first-order valence-corrected chi connectivity index (χ1v) is 9.36. The molecule has 0 amide bonds. The molecule has 0 atom stereocenters. The monoisotopic (exact) mass is 428 g/mol. The molecule has 1 heterocycles. The zero-order valence-electron chi connectivity index (χ0n) is 14.3. The van der Waals surface area contributed by atoms with Gasteiger partial charge in [0.15, 0.2) is 5.69 Å². The highest BCUT2D eigenvalue weighted by molar-refractivity contribution is 9.10. The summed E-state index contributed by atoms with van der Waals surface area (Å²) in [7, 11) is 0. The average molecular weight is 429 g/mol. The van der Waals surface area contributed by atoms with Gasteiger partial charge < -0.3 is 10.6 Å². The Morgan fingerprint density at radius 1 is 1.08 bits per heavy atom. The van der Waals surface area contributed by atoms with Crippen molar-refractivity contribution in [3.05, 3.63) is 40.0 Å². The first-order valence-electron chi connectivity index (χ1n) is 8.57. The van der Waals surface area contributed by atoms with Gasteiger partial charge in [-0.3, -0.25) is 0 Å². The highest BCUT2D eigenvalue weighted by atomic mass is 79.9. The van der Waals surface area contributed by atoms with Gasteiger partial charge in [0.2, 0.25) is 5.95 Å². The molecule has 1 aromatic heterocycles. The van der Waals surface area contributed by atoms with E-state index in [1.165, 1.54) is 0 Å². The third kappa shape index (κ3) is 4.87. The Bertz CT molecular complexity index is 774. The zero-order valence-corrected chi connectivity index (χ0v) is 15.9. The first kappa shape index (κ1) is 18.9. The zero-order chi connectivity index (χ0) is 18.7. The number of hydrogen-bond donors (Lipinski definition) is 2. The van der Waals surface area contributed by atoms with Crippen LogP contribution in [0.15, 0.2) is 28.7 Å². The van der Waals surface area contributed by atoms with E-state index in [4.69, 9.17) is 0 Å². The van der Waals surface area contributed by atoms with Crippen LogP contribution in [0.25, 0.3) is 0 Å². The summed E-state index contributed by atoms with van der Waals surface area (Å²) in [6, 6.07) is 6.60. The van der Waals surface area contributed by atoms with E-state index >= 15 is 0 Å². The van der Waals surface area contributed by atoms with Crippen LogP contribution in [-0.2, 0) is 6.18 Å². The van der Waals surface area contributed by atoms with E-state index in [2.05, 4.69) is 36.5 Å². The fourth-order valence-electron chi connectivity index (χ4n) is 3.01. The van der Waals surface area contributed by atoms with E-state index in [1.807, 2.05) is 19.1 Å². The summed E-state index contributed by atoms with van der Waals surface area (Å²) in [5.74, 6) is 0.118. The van der Waals surface area contributed by atoms with Crippen LogP contribution in [0.1, 0.15) is 43.4 Å². The fraction of sp³-hybridized carbons (Fsp3) is 0.444. The second kappa shape index (κ2) is 7.82. The van der Waals surface area contributed by atoms with Gasteiger partial charge in [0.05, 0.1) is 5.69 Å². The topological polar surface area (TPSA) is 49.8 Å². The summed E-state index contributed by atoms with van der Waals surface area (Å²) in [5, 5.41) is 6.02. The van der Waals surface area contributed by atoms with Crippen LogP contribution < -0.4 is 10.6 Å². The van der Waals surface area contributed by atoms with Gasteiger partial charge in [-0.05, 0) is 53.4 Å². The molecule has 4 nitrogen and oxygen atoms in total. The number of nitrogens with zero attached hydrogens (tertiary/aromatic N) is 2. The van der Waals surface area contributed by atoms with Crippen molar-refractivity contribution >= 4 is 33.4 Å². The maximum atomic E-state index is 13.2. The number of aryl methyl sites for hydroxylation is 1. The summed E-state index contributed by atoms with van der Waals surface area (Å²) in [4.78, 5) is 7.92. The van der Waals surface area contributed by atoms with E-state index in [-0.39, 0.29) is 17.8 Å². The lowest BCUT2D eigenvalue weighted by Crippen LogP contribution is -2.24. The summed E-state index contributed by atoms with van der Waals surface area (Å²) < 4.78 is 40.5. The molecule has 0 radical (unpaired) electrons. The summed E-state index contributed by atoms with van der Waals surface area (Å²) >= 11 is 3.42. The largest absolute Gasteiger partial charge is 0.433 e. The van der Waals surface area contributed by atoms with Crippen molar-refractivity contribution in [1.29, 1.82) is 0 Å². The Balaban J connectivity index is 1.89. The average Bonchev–Trinajstić information content (AvgIpc) is 2.57. The van der Waals surface area contributed by atoms with E-state index in [0.29, 0.717) is 5.69 Å². The summed E-state index contributed by atoms with van der Waals surface area (Å²) in [5.41, 5.74) is 0.725. The SMILES string of the molecule is Cc1ccc(Nc2cc(C(F)(F)F)nc(NC3CCCCC3)n2)c(Br)c1. The van der Waals surface area contributed by atoms with Gasteiger partial charge in [-0.15, -0.1) is 0 Å². The molecule has 2 N–H and O–H groups in total.